The first-order chi connectivity index (χ1) is 20.4. The molecule has 1 aromatic heterocycles. The lowest BCUT2D eigenvalue weighted by Crippen LogP contribution is -2.57. The Hall–Kier alpha value is -4.49. The number of nitriles is 1. The number of pyridine rings is 1. The summed E-state index contributed by atoms with van der Waals surface area (Å²) in [5, 5.41) is 15.7. The van der Waals surface area contributed by atoms with Gasteiger partial charge in [-0.2, -0.15) is 5.26 Å². The Kier molecular flexibility index (Phi) is 8.12. The maximum Gasteiger partial charge on any atom is 0.414 e. The van der Waals surface area contributed by atoms with Gasteiger partial charge in [0.1, 0.15) is 28.7 Å². The molecular weight excluding hydrogens is 547 g/mol. The van der Waals surface area contributed by atoms with E-state index in [0.717, 1.165) is 12.1 Å². The van der Waals surface area contributed by atoms with Crippen LogP contribution in [-0.4, -0.2) is 53.2 Å². The number of hydrogen-bond donors (Lipinski definition) is 2. The molecule has 1 saturated heterocycles. The molecule has 0 bridgehead atoms. The van der Waals surface area contributed by atoms with Crippen LogP contribution in [0.5, 0.6) is 0 Å². The molecule has 1 fully saturated rings. The number of nitrogens with zero attached hydrogens (tertiary/aromatic N) is 4. The number of nitrogens with one attached hydrogen (secondary N) is 2. The Morgan fingerprint density at radius 2 is 2.00 bits per heavy atom. The largest absolute Gasteiger partial charge is 0.443 e. The van der Waals surface area contributed by atoms with Crippen molar-refractivity contribution in [2.24, 2.45) is 0 Å². The second-order valence-electron chi connectivity index (χ2n) is 12.1. The van der Waals surface area contributed by atoms with Gasteiger partial charge < -0.3 is 15.4 Å². The van der Waals surface area contributed by atoms with Crippen LogP contribution in [0.2, 0.25) is 0 Å². The van der Waals surface area contributed by atoms with E-state index in [1.54, 1.807) is 40.0 Å². The van der Waals surface area contributed by atoms with Crippen molar-refractivity contribution in [1.82, 2.24) is 9.88 Å². The molecule has 2 N–H and O–H groups in total. The van der Waals surface area contributed by atoms with Crippen LogP contribution in [0.15, 0.2) is 60.8 Å². The van der Waals surface area contributed by atoms with Crippen LogP contribution in [0, 0.1) is 17.1 Å². The summed E-state index contributed by atoms with van der Waals surface area (Å²) in [7, 11) is 0. The molecule has 3 aromatic rings. The Morgan fingerprint density at radius 1 is 1.26 bits per heavy atom. The van der Waals surface area contributed by atoms with E-state index in [1.165, 1.54) is 22.6 Å². The number of aromatic nitrogens is 1. The predicted octanol–water partition coefficient (Wildman–Crippen LogP) is 5.99. The van der Waals surface area contributed by atoms with Gasteiger partial charge in [0.2, 0.25) is 5.91 Å². The van der Waals surface area contributed by atoms with Gasteiger partial charge in [0.15, 0.2) is 0 Å². The molecular formula is C33H37FN6O3. The number of carbonyl (C=O) groups is 2. The number of hydrogen-bond acceptors (Lipinski definition) is 7. The first-order valence-electron chi connectivity index (χ1n) is 14.5. The molecule has 5 rings (SSSR count). The maximum absolute atomic E-state index is 15.3. The lowest BCUT2D eigenvalue weighted by Gasteiger charge is -2.46. The van der Waals surface area contributed by atoms with Crippen LogP contribution in [0.1, 0.15) is 63.8 Å². The van der Waals surface area contributed by atoms with Crippen molar-refractivity contribution in [2.75, 3.05) is 35.2 Å². The first kappa shape index (κ1) is 30.0. The molecule has 224 valence electrons. The van der Waals surface area contributed by atoms with Crippen molar-refractivity contribution in [3.8, 4) is 6.07 Å². The number of fused-ring (bicyclic) bond motifs is 1. The molecule has 3 atom stereocenters. The molecule has 10 heteroatoms. The average Bonchev–Trinajstić information content (AvgIpc) is 3.23. The van der Waals surface area contributed by atoms with Gasteiger partial charge >= 0.3 is 6.09 Å². The zero-order chi connectivity index (χ0) is 30.9. The van der Waals surface area contributed by atoms with Gasteiger partial charge in [-0.1, -0.05) is 30.3 Å². The van der Waals surface area contributed by atoms with E-state index in [1.807, 2.05) is 37.3 Å². The van der Waals surface area contributed by atoms with Crippen LogP contribution >= 0.6 is 0 Å². The van der Waals surface area contributed by atoms with Crippen LogP contribution in [0.25, 0.3) is 0 Å². The molecule has 2 aliphatic heterocycles. The lowest BCUT2D eigenvalue weighted by molar-refractivity contribution is -0.127. The van der Waals surface area contributed by atoms with E-state index in [9.17, 15) is 9.59 Å². The van der Waals surface area contributed by atoms with E-state index in [-0.39, 0.29) is 30.1 Å². The van der Waals surface area contributed by atoms with Crippen LogP contribution in [-0.2, 0) is 15.1 Å². The van der Waals surface area contributed by atoms with Gasteiger partial charge in [-0.3, -0.25) is 14.6 Å². The van der Waals surface area contributed by atoms with Gasteiger partial charge in [0.05, 0.1) is 23.3 Å². The highest BCUT2D eigenvalue weighted by molar-refractivity contribution is 6.10. The molecule has 2 amide bonds. The Morgan fingerprint density at radius 3 is 2.63 bits per heavy atom. The van der Waals surface area contributed by atoms with Gasteiger partial charge in [-0.05, 0) is 70.9 Å². The molecule has 9 nitrogen and oxygen atoms in total. The molecule has 0 radical (unpaired) electrons. The van der Waals surface area contributed by atoms with Crippen molar-refractivity contribution in [1.29, 1.82) is 5.26 Å². The third-order valence-corrected chi connectivity index (χ3v) is 8.21. The number of benzene rings is 2. The molecule has 0 saturated carbocycles. The van der Waals surface area contributed by atoms with Crippen molar-refractivity contribution in [3.05, 3.63) is 83.4 Å². The summed E-state index contributed by atoms with van der Waals surface area (Å²) >= 11 is 0. The van der Waals surface area contributed by atoms with Crippen LogP contribution in [0.4, 0.5) is 26.2 Å². The van der Waals surface area contributed by atoms with Gasteiger partial charge in [-0.25, -0.2) is 14.2 Å². The fourth-order valence-corrected chi connectivity index (χ4v) is 6.07. The van der Waals surface area contributed by atoms with E-state index >= 15 is 4.39 Å². The first-order valence-corrected chi connectivity index (χ1v) is 14.5. The quantitative estimate of drug-likeness (QED) is 0.366. The zero-order valence-corrected chi connectivity index (χ0v) is 25.1. The average molecular weight is 585 g/mol. The summed E-state index contributed by atoms with van der Waals surface area (Å²) in [6.07, 6.45) is 1.76. The summed E-state index contributed by atoms with van der Waals surface area (Å²) in [6.45, 7) is 10.2. The molecule has 3 heterocycles. The predicted molar refractivity (Wildman–Crippen MR) is 163 cm³/mol. The molecule has 2 aliphatic rings. The minimum atomic E-state index is -1.19. The maximum atomic E-state index is 15.3. The van der Waals surface area contributed by atoms with E-state index < -0.39 is 23.1 Å². The lowest BCUT2D eigenvalue weighted by atomic mass is 9.81. The number of anilines is 3. The normalized spacial score (nSPS) is 21.8. The van der Waals surface area contributed by atoms with E-state index in [4.69, 9.17) is 10.00 Å². The molecule has 0 spiro atoms. The van der Waals surface area contributed by atoms with Crippen molar-refractivity contribution < 1.29 is 18.7 Å². The number of halogens is 1. The minimum Gasteiger partial charge on any atom is -0.443 e. The Labute approximate surface area is 251 Å². The van der Waals surface area contributed by atoms with Crippen LogP contribution < -0.4 is 15.5 Å². The SMILES string of the molecule is CCN(C(=O)OC(C)(C)C)c1cc(F)cc2c1NC(=O)C2(C)N1CC[C@H](c2ccccc2)[C@@H](Nc2ccc(C#N)nc2)C1. The number of rotatable bonds is 6. The summed E-state index contributed by atoms with van der Waals surface area (Å²) in [4.78, 5) is 34.6. The number of amides is 2. The van der Waals surface area contributed by atoms with E-state index in [0.29, 0.717) is 30.0 Å². The van der Waals surface area contributed by atoms with Crippen molar-refractivity contribution >= 4 is 29.1 Å². The monoisotopic (exact) mass is 584 g/mol. The topological polar surface area (TPSA) is 111 Å². The van der Waals surface area contributed by atoms with Gasteiger partial charge in [0, 0.05) is 37.2 Å². The highest BCUT2D eigenvalue weighted by Crippen LogP contribution is 2.47. The summed E-state index contributed by atoms with van der Waals surface area (Å²) in [6, 6.07) is 18.3. The van der Waals surface area contributed by atoms with Gasteiger partial charge in [0.25, 0.3) is 0 Å². The third-order valence-electron chi connectivity index (χ3n) is 8.21. The second-order valence-corrected chi connectivity index (χ2v) is 12.1. The molecule has 2 aromatic carbocycles. The minimum absolute atomic E-state index is 0.124. The Bertz CT molecular complexity index is 1550. The molecule has 43 heavy (non-hydrogen) atoms. The van der Waals surface area contributed by atoms with Crippen molar-refractivity contribution in [2.45, 2.75) is 64.1 Å². The second kappa shape index (κ2) is 11.7. The van der Waals surface area contributed by atoms with Crippen molar-refractivity contribution in [3.63, 3.8) is 0 Å². The zero-order valence-electron chi connectivity index (χ0n) is 25.1. The summed E-state index contributed by atoms with van der Waals surface area (Å²) < 4.78 is 20.9. The highest BCUT2D eigenvalue weighted by atomic mass is 19.1. The van der Waals surface area contributed by atoms with E-state index in [2.05, 4.69) is 32.7 Å². The Balaban J connectivity index is 1.51. The number of piperidine rings is 1. The number of likely N-dealkylation sites (tertiary alicyclic amines) is 1. The van der Waals surface area contributed by atoms with Crippen LogP contribution in [0.3, 0.4) is 0 Å². The number of ether oxygens (including phenoxy) is 1. The fourth-order valence-electron chi connectivity index (χ4n) is 6.07. The molecule has 1 unspecified atom stereocenters. The molecule has 0 aliphatic carbocycles. The standard InChI is InChI=1S/C33H37FN6O3/c1-6-40(31(42)43-32(2,3)4)28-17-22(34)16-26-29(28)38-30(41)33(26,5)39-15-14-25(21-10-8-7-9-11-21)27(20-39)37-24-13-12-23(18-35)36-19-24/h7-13,16-17,19,25,27,37H,6,14-15,20H2,1-5H3,(H,38,41)/t25-,27+,33?/m1/s1. The summed E-state index contributed by atoms with van der Waals surface area (Å²) in [5.74, 6) is -0.700. The third kappa shape index (κ3) is 5.90. The van der Waals surface area contributed by atoms with Gasteiger partial charge in [-0.15, -0.1) is 0 Å². The number of carbonyl (C=O) groups excluding carboxylic acids is 2. The smallest absolute Gasteiger partial charge is 0.414 e. The highest BCUT2D eigenvalue weighted by Gasteiger charge is 2.51. The fraction of sp³-hybridized carbons (Fsp3) is 0.394. The summed E-state index contributed by atoms with van der Waals surface area (Å²) in [5.41, 5.74) is 1.48.